The Kier molecular flexibility index (Phi) is 7.70. The molecule has 0 bridgehead atoms. The number of esters is 1. The number of ether oxygens (including phenoxy) is 2. The number of rotatable bonds is 8. The first kappa shape index (κ1) is 20.0. The third-order valence-corrected chi connectivity index (χ3v) is 3.20. The zero-order valence-electron chi connectivity index (χ0n) is 13.6. The second-order valence-corrected chi connectivity index (χ2v) is 4.92. The highest BCUT2D eigenvalue weighted by Gasteiger charge is 2.30. The van der Waals surface area contributed by atoms with Gasteiger partial charge in [-0.25, -0.2) is 0 Å². The van der Waals surface area contributed by atoms with Crippen molar-refractivity contribution in [3.8, 4) is 0 Å². The topological polar surface area (TPSA) is 55.8 Å². The maximum absolute atomic E-state index is 12.6. The molecule has 0 atom stereocenters. The number of carbonyl (C=O) groups excluding carboxylic acids is 2. The van der Waals surface area contributed by atoms with Crippen molar-refractivity contribution in [2.24, 2.45) is 0 Å². The fraction of sp³-hybridized carbons (Fsp3) is 0.500. The lowest BCUT2D eigenvalue weighted by Gasteiger charge is -2.22. The van der Waals surface area contributed by atoms with Gasteiger partial charge in [0, 0.05) is 25.8 Å². The molecule has 24 heavy (non-hydrogen) atoms. The zero-order chi connectivity index (χ0) is 18.2. The lowest BCUT2D eigenvalue weighted by Crippen LogP contribution is -2.36. The normalized spacial score (nSPS) is 11.2. The van der Waals surface area contributed by atoms with Gasteiger partial charge in [0.1, 0.15) is 0 Å². The molecule has 0 spiro atoms. The average molecular weight is 347 g/mol. The van der Waals surface area contributed by atoms with Crippen molar-refractivity contribution in [2.75, 3.05) is 33.4 Å². The van der Waals surface area contributed by atoms with E-state index in [0.29, 0.717) is 0 Å². The molecular formula is C16H20F3NO4. The fourth-order valence-corrected chi connectivity index (χ4v) is 1.96. The van der Waals surface area contributed by atoms with E-state index in [1.54, 1.807) is 6.92 Å². The first-order chi connectivity index (χ1) is 11.3. The summed E-state index contributed by atoms with van der Waals surface area (Å²) in [4.78, 5) is 25.2. The van der Waals surface area contributed by atoms with Crippen LogP contribution in [0.25, 0.3) is 0 Å². The molecule has 0 N–H and O–H groups in total. The fourth-order valence-electron chi connectivity index (χ4n) is 1.96. The van der Waals surface area contributed by atoms with Gasteiger partial charge in [-0.2, -0.15) is 13.2 Å². The largest absolute Gasteiger partial charge is 0.466 e. The van der Waals surface area contributed by atoms with Gasteiger partial charge in [0.2, 0.25) is 0 Å². The molecule has 0 aromatic heterocycles. The minimum Gasteiger partial charge on any atom is -0.466 e. The van der Waals surface area contributed by atoms with E-state index in [4.69, 9.17) is 9.47 Å². The van der Waals surface area contributed by atoms with Crippen LogP contribution in [-0.4, -0.2) is 50.2 Å². The Hall–Kier alpha value is -2.09. The number of nitrogens with zero attached hydrogens (tertiary/aromatic N) is 1. The third kappa shape index (κ3) is 6.19. The molecule has 1 aromatic carbocycles. The summed E-state index contributed by atoms with van der Waals surface area (Å²) in [6.45, 7) is 2.48. The molecule has 0 aliphatic rings. The number of halogens is 3. The van der Waals surface area contributed by atoms with Gasteiger partial charge >= 0.3 is 12.1 Å². The highest BCUT2D eigenvalue weighted by molar-refractivity contribution is 5.94. The second-order valence-electron chi connectivity index (χ2n) is 4.92. The van der Waals surface area contributed by atoms with Crippen molar-refractivity contribution in [2.45, 2.75) is 19.5 Å². The average Bonchev–Trinajstić information content (AvgIpc) is 2.54. The van der Waals surface area contributed by atoms with Crippen molar-refractivity contribution in [3.05, 3.63) is 35.4 Å². The number of benzene rings is 1. The Morgan fingerprint density at radius 1 is 1.12 bits per heavy atom. The Labute approximate surface area is 138 Å². The summed E-state index contributed by atoms with van der Waals surface area (Å²) in [5.74, 6) is -0.912. The molecular weight excluding hydrogens is 327 g/mol. The van der Waals surface area contributed by atoms with Crippen LogP contribution >= 0.6 is 0 Å². The van der Waals surface area contributed by atoms with Gasteiger partial charge in [-0.15, -0.1) is 0 Å². The second kappa shape index (κ2) is 9.27. The minimum absolute atomic E-state index is 0.00390. The van der Waals surface area contributed by atoms with Crippen LogP contribution in [0.15, 0.2) is 24.3 Å². The summed E-state index contributed by atoms with van der Waals surface area (Å²) in [5, 5.41) is 0. The quantitative estimate of drug-likeness (QED) is 0.679. The summed E-state index contributed by atoms with van der Waals surface area (Å²) >= 11 is 0. The van der Waals surface area contributed by atoms with E-state index in [-0.39, 0.29) is 38.3 Å². The van der Waals surface area contributed by atoms with Crippen LogP contribution < -0.4 is 0 Å². The molecule has 0 saturated heterocycles. The van der Waals surface area contributed by atoms with Crippen molar-refractivity contribution < 1.29 is 32.2 Å². The van der Waals surface area contributed by atoms with Gasteiger partial charge in [0.05, 0.1) is 25.2 Å². The molecule has 0 aliphatic heterocycles. The van der Waals surface area contributed by atoms with Gasteiger partial charge in [-0.1, -0.05) is 0 Å². The van der Waals surface area contributed by atoms with E-state index in [2.05, 4.69) is 0 Å². The van der Waals surface area contributed by atoms with Crippen LogP contribution in [0.1, 0.15) is 29.3 Å². The number of carbonyl (C=O) groups is 2. The predicted molar refractivity (Wildman–Crippen MR) is 80.5 cm³/mol. The Balaban J connectivity index is 2.81. The van der Waals surface area contributed by atoms with Crippen molar-refractivity contribution >= 4 is 11.9 Å². The lowest BCUT2D eigenvalue weighted by molar-refractivity contribution is -0.143. The van der Waals surface area contributed by atoms with Gasteiger partial charge in [-0.05, 0) is 31.2 Å². The lowest BCUT2D eigenvalue weighted by atomic mass is 10.1. The SMILES string of the molecule is CCOC(=O)CCN(CCOC)C(=O)c1ccc(C(F)(F)F)cc1. The van der Waals surface area contributed by atoms with Crippen LogP contribution in [0, 0.1) is 0 Å². The van der Waals surface area contributed by atoms with Gasteiger partial charge in [-0.3, -0.25) is 9.59 Å². The van der Waals surface area contributed by atoms with E-state index >= 15 is 0 Å². The molecule has 1 rings (SSSR count). The van der Waals surface area contributed by atoms with E-state index in [0.717, 1.165) is 24.3 Å². The summed E-state index contributed by atoms with van der Waals surface area (Å²) in [6.07, 6.45) is -4.45. The number of alkyl halides is 3. The highest BCUT2D eigenvalue weighted by Crippen LogP contribution is 2.29. The molecule has 0 unspecified atom stereocenters. The highest BCUT2D eigenvalue weighted by atomic mass is 19.4. The van der Waals surface area contributed by atoms with Crippen LogP contribution in [0.3, 0.4) is 0 Å². The van der Waals surface area contributed by atoms with Crippen LogP contribution in [0.4, 0.5) is 13.2 Å². The van der Waals surface area contributed by atoms with Gasteiger partial charge in [0.15, 0.2) is 0 Å². The molecule has 0 aliphatic carbocycles. The van der Waals surface area contributed by atoms with Crippen molar-refractivity contribution in [1.82, 2.24) is 4.90 Å². The van der Waals surface area contributed by atoms with Gasteiger partial charge in [0.25, 0.3) is 5.91 Å². The molecule has 1 amide bonds. The smallest absolute Gasteiger partial charge is 0.416 e. The zero-order valence-corrected chi connectivity index (χ0v) is 13.6. The van der Waals surface area contributed by atoms with Crippen molar-refractivity contribution in [3.63, 3.8) is 0 Å². The Morgan fingerprint density at radius 3 is 2.25 bits per heavy atom. The monoisotopic (exact) mass is 347 g/mol. The summed E-state index contributed by atoms with van der Waals surface area (Å²) in [6, 6.07) is 3.95. The number of hydrogen-bond acceptors (Lipinski definition) is 4. The Morgan fingerprint density at radius 2 is 1.75 bits per heavy atom. The molecule has 0 heterocycles. The summed E-state index contributed by atoms with van der Waals surface area (Å²) < 4.78 is 47.4. The summed E-state index contributed by atoms with van der Waals surface area (Å²) in [7, 11) is 1.46. The molecule has 1 aromatic rings. The van der Waals surface area contributed by atoms with Crippen LogP contribution in [0.5, 0.6) is 0 Å². The van der Waals surface area contributed by atoms with E-state index in [1.807, 2.05) is 0 Å². The van der Waals surface area contributed by atoms with Crippen LogP contribution in [-0.2, 0) is 20.4 Å². The summed E-state index contributed by atoms with van der Waals surface area (Å²) in [5.41, 5.74) is -0.711. The van der Waals surface area contributed by atoms with E-state index in [1.165, 1.54) is 12.0 Å². The van der Waals surface area contributed by atoms with Crippen molar-refractivity contribution in [1.29, 1.82) is 0 Å². The van der Waals surface area contributed by atoms with Gasteiger partial charge < -0.3 is 14.4 Å². The standard InChI is InChI=1S/C16H20F3NO4/c1-3-24-14(21)8-9-20(10-11-23-2)15(22)12-4-6-13(7-5-12)16(17,18)19/h4-7H,3,8-11H2,1-2H3. The molecule has 0 saturated carbocycles. The molecule has 8 heteroatoms. The first-order valence-electron chi connectivity index (χ1n) is 7.40. The number of hydrogen-bond donors (Lipinski definition) is 0. The van der Waals surface area contributed by atoms with Crippen LogP contribution in [0.2, 0.25) is 0 Å². The minimum atomic E-state index is -4.46. The third-order valence-electron chi connectivity index (χ3n) is 3.20. The van der Waals surface area contributed by atoms with E-state index in [9.17, 15) is 22.8 Å². The molecule has 5 nitrogen and oxygen atoms in total. The predicted octanol–water partition coefficient (Wildman–Crippen LogP) is 2.75. The maximum Gasteiger partial charge on any atom is 0.416 e. The maximum atomic E-state index is 12.6. The Bertz CT molecular complexity index is 543. The van der Waals surface area contributed by atoms with E-state index < -0.39 is 23.6 Å². The molecule has 134 valence electrons. The first-order valence-corrected chi connectivity index (χ1v) is 7.40. The molecule has 0 radical (unpaired) electrons. The number of amides is 1. The molecule has 0 fully saturated rings. The number of methoxy groups -OCH3 is 1.